The van der Waals surface area contributed by atoms with Crippen LogP contribution in [-0.4, -0.2) is 35.4 Å². The molecule has 1 N–H and O–H groups in total. The van der Waals surface area contributed by atoms with Gasteiger partial charge in [0.1, 0.15) is 23.6 Å². The Labute approximate surface area is 287 Å². The molecule has 0 bridgehead atoms. The van der Waals surface area contributed by atoms with Gasteiger partial charge >= 0.3 is 0 Å². The van der Waals surface area contributed by atoms with Gasteiger partial charge in [-0.2, -0.15) is 5.21 Å². The smallest absolute Gasteiger partial charge is 0.175 e. The number of aromatic amines is 1. The maximum atomic E-state index is 6.60. The molecule has 242 valence electrons. The zero-order valence-electron chi connectivity index (χ0n) is 27.0. The number of aromatic nitrogens is 6. The Bertz CT molecular complexity index is 2230. The highest BCUT2D eigenvalue weighted by atomic mass is 35.5. The van der Waals surface area contributed by atoms with Gasteiger partial charge in [0.25, 0.3) is 0 Å². The summed E-state index contributed by atoms with van der Waals surface area (Å²) in [5.74, 6) is 2.45. The average molecular weight is 675 g/mol. The number of hydrogen-bond acceptors (Lipinski definition) is 7. The minimum atomic E-state index is -0.106. The maximum absolute atomic E-state index is 6.60. The Morgan fingerprint density at radius 3 is 2.65 bits per heavy atom. The highest BCUT2D eigenvalue weighted by Crippen LogP contribution is 2.48. The van der Waals surface area contributed by atoms with Crippen molar-refractivity contribution in [2.75, 3.05) is 0 Å². The van der Waals surface area contributed by atoms with Gasteiger partial charge in [0.15, 0.2) is 11.4 Å². The number of ether oxygens (including phenoxy) is 1. The zero-order chi connectivity index (χ0) is 32.8. The van der Waals surface area contributed by atoms with E-state index in [2.05, 4.69) is 70.2 Å². The van der Waals surface area contributed by atoms with Gasteiger partial charge < -0.3 is 13.7 Å². The van der Waals surface area contributed by atoms with Gasteiger partial charge in [0.2, 0.25) is 0 Å². The van der Waals surface area contributed by atoms with E-state index in [1.807, 2.05) is 72.4 Å². The Hall–Kier alpha value is -4.60. The lowest BCUT2D eigenvalue weighted by molar-refractivity contribution is 0.299. The molecule has 0 fully saturated rings. The number of nitrogens with one attached hydrogen (secondary N) is 1. The number of rotatable bonds is 10. The summed E-state index contributed by atoms with van der Waals surface area (Å²) in [6.07, 6.45) is 2.50. The fourth-order valence-electron chi connectivity index (χ4n) is 6.77. The maximum Gasteiger partial charge on any atom is 0.175 e. The van der Waals surface area contributed by atoms with Crippen molar-refractivity contribution in [1.82, 2.24) is 30.2 Å². The Morgan fingerprint density at radius 2 is 1.85 bits per heavy atom. The third-order valence-corrected chi connectivity index (χ3v) is 10.5. The first kappa shape index (κ1) is 30.7. The van der Waals surface area contributed by atoms with Crippen LogP contribution >= 0.6 is 23.4 Å². The number of pyridine rings is 1. The molecule has 5 heterocycles. The molecule has 4 aromatic heterocycles. The third-order valence-electron chi connectivity index (χ3n) is 8.96. The zero-order valence-corrected chi connectivity index (χ0v) is 28.6. The molecular formula is C38H35ClN6O2S. The van der Waals surface area contributed by atoms with E-state index in [9.17, 15) is 0 Å². The molecule has 7 aromatic rings. The third kappa shape index (κ3) is 6.08. The summed E-state index contributed by atoms with van der Waals surface area (Å²) in [4.78, 5) is 6.23. The minimum absolute atomic E-state index is 0.106. The number of nitrogens with zero attached hydrogens (tertiary/aromatic N) is 5. The molecular weight excluding hydrogens is 640 g/mol. The highest BCUT2D eigenvalue weighted by Gasteiger charge is 2.32. The van der Waals surface area contributed by atoms with Crippen LogP contribution in [0.1, 0.15) is 49.1 Å². The molecule has 3 aromatic carbocycles. The topological polar surface area (TPSA) is 94.7 Å². The van der Waals surface area contributed by atoms with Crippen LogP contribution < -0.4 is 4.74 Å². The van der Waals surface area contributed by atoms with E-state index >= 15 is 0 Å². The van der Waals surface area contributed by atoms with Gasteiger partial charge in [-0.3, -0.25) is 0 Å². The molecule has 0 spiro atoms. The molecule has 0 saturated carbocycles. The van der Waals surface area contributed by atoms with Crippen molar-refractivity contribution in [3.63, 3.8) is 0 Å². The number of furan rings is 1. The van der Waals surface area contributed by atoms with Crippen molar-refractivity contribution in [2.45, 2.75) is 63.3 Å². The fourth-order valence-corrected chi connectivity index (χ4v) is 8.22. The van der Waals surface area contributed by atoms with E-state index in [4.69, 9.17) is 25.7 Å². The molecule has 1 aliphatic heterocycles. The summed E-state index contributed by atoms with van der Waals surface area (Å²) in [7, 11) is 0. The second-order valence-electron chi connectivity index (χ2n) is 13.4. The van der Waals surface area contributed by atoms with Crippen LogP contribution in [0.5, 0.6) is 5.75 Å². The molecule has 0 radical (unpaired) electrons. The first-order chi connectivity index (χ1) is 23.3. The van der Waals surface area contributed by atoms with E-state index in [1.54, 1.807) is 0 Å². The van der Waals surface area contributed by atoms with Gasteiger partial charge in [0, 0.05) is 56.4 Å². The van der Waals surface area contributed by atoms with E-state index in [1.165, 1.54) is 32.6 Å². The van der Waals surface area contributed by atoms with Crippen molar-refractivity contribution in [3.8, 4) is 17.1 Å². The Kier molecular flexibility index (Phi) is 7.97. The van der Waals surface area contributed by atoms with Crippen LogP contribution in [0.15, 0.2) is 94.2 Å². The van der Waals surface area contributed by atoms with Gasteiger partial charge in [-0.1, -0.05) is 80.1 Å². The number of halogens is 1. The second-order valence-corrected chi connectivity index (χ2v) is 15.2. The van der Waals surface area contributed by atoms with E-state index < -0.39 is 0 Å². The molecule has 0 aliphatic carbocycles. The van der Waals surface area contributed by atoms with Gasteiger partial charge in [0.05, 0.1) is 11.2 Å². The number of tetrazole rings is 1. The quantitative estimate of drug-likeness (QED) is 0.155. The average Bonchev–Trinajstić information content (AvgIpc) is 3.81. The van der Waals surface area contributed by atoms with Crippen LogP contribution in [0.25, 0.3) is 33.3 Å². The molecule has 1 atom stereocenters. The van der Waals surface area contributed by atoms with Crippen molar-refractivity contribution in [2.24, 2.45) is 5.41 Å². The lowest BCUT2D eigenvalue weighted by Gasteiger charge is -2.26. The highest BCUT2D eigenvalue weighted by molar-refractivity contribution is 8.00. The Balaban J connectivity index is 1.15. The SMILES string of the molecule is CC1Cc2c(OCc3ccc4oc(-c5ccccc5)cc4n3)ccc3c2c(c(CC(C)(C)Cc2nn[nH]n2)n3Cc2ccc(Cl)cc2)S1. The predicted molar refractivity (Wildman–Crippen MR) is 191 cm³/mol. The number of benzene rings is 3. The lowest BCUT2D eigenvalue weighted by atomic mass is 9.84. The van der Waals surface area contributed by atoms with Crippen molar-refractivity contribution in [3.05, 3.63) is 118 Å². The molecule has 1 unspecified atom stereocenters. The first-order valence-corrected chi connectivity index (χ1v) is 17.4. The summed E-state index contributed by atoms with van der Waals surface area (Å²) >= 11 is 8.23. The molecule has 1 aliphatic rings. The molecule has 48 heavy (non-hydrogen) atoms. The number of thioether (sulfide) groups is 1. The first-order valence-electron chi connectivity index (χ1n) is 16.2. The van der Waals surface area contributed by atoms with Crippen LogP contribution in [-0.2, 0) is 32.4 Å². The van der Waals surface area contributed by atoms with E-state index in [0.717, 1.165) is 64.1 Å². The van der Waals surface area contributed by atoms with Crippen molar-refractivity contribution >= 4 is 45.4 Å². The number of fused-ring (bicyclic) bond motifs is 1. The second kappa shape index (κ2) is 12.5. The van der Waals surface area contributed by atoms with Crippen molar-refractivity contribution < 1.29 is 9.15 Å². The summed E-state index contributed by atoms with van der Waals surface area (Å²) in [6, 6.07) is 28.6. The summed E-state index contributed by atoms with van der Waals surface area (Å²) < 4.78 is 15.2. The standard InChI is InChI=1S/C38H35ClN6O2S/c1-23-17-28-32(46-22-27-13-15-33-29(40-27)18-34(47-33)25-7-5-4-6-8-25)16-14-30-36(28)37(48-23)31(19-38(2,3)20-35-41-43-44-42-35)45(30)21-24-9-11-26(39)12-10-24/h4-16,18,23H,17,19-22H2,1-3H3,(H,41,42,43,44). The minimum Gasteiger partial charge on any atom is -0.487 e. The molecule has 0 amide bonds. The lowest BCUT2D eigenvalue weighted by Crippen LogP contribution is -2.22. The number of H-pyrrole nitrogens is 1. The molecule has 8 rings (SSSR count). The number of hydrogen-bond donors (Lipinski definition) is 1. The van der Waals surface area contributed by atoms with Gasteiger partial charge in [-0.25, -0.2) is 4.98 Å². The van der Waals surface area contributed by atoms with Gasteiger partial charge in [-0.05, 0) is 60.2 Å². The summed E-state index contributed by atoms with van der Waals surface area (Å²) in [5.41, 5.74) is 8.38. The predicted octanol–water partition coefficient (Wildman–Crippen LogP) is 9.09. The van der Waals surface area contributed by atoms with Crippen molar-refractivity contribution in [1.29, 1.82) is 0 Å². The largest absolute Gasteiger partial charge is 0.487 e. The molecule has 0 saturated heterocycles. The van der Waals surface area contributed by atoms with Gasteiger partial charge in [-0.15, -0.1) is 22.0 Å². The summed E-state index contributed by atoms with van der Waals surface area (Å²) in [5, 5.41) is 17.3. The normalized spacial score (nSPS) is 14.6. The Morgan fingerprint density at radius 1 is 1.02 bits per heavy atom. The molecule has 8 nitrogen and oxygen atoms in total. The summed E-state index contributed by atoms with van der Waals surface area (Å²) in [6.45, 7) is 7.97. The van der Waals surface area contributed by atoms with Crippen LogP contribution in [0.4, 0.5) is 0 Å². The van der Waals surface area contributed by atoms with E-state index in [-0.39, 0.29) is 5.41 Å². The van der Waals surface area contributed by atoms with Crippen LogP contribution in [0.3, 0.4) is 0 Å². The monoisotopic (exact) mass is 674 g/mol. The van der Waals surface area contributed by atoms with Crippen LogP contribution in [0, 0.1) is 5.41 Å². The van der Waals surface area contributed by atoms with E-state index in [0.29, 0.717) is 18.3 Å². The van der Waals surface area contributed by atoms with Crippen LogP contribution in [0.2, 0.25) is 5.02 Å². The fraction of sp³-hybridized carbons (Fsp3) is 0.263. The molecule has 10 heteroatoms.